The van der Waals surface area contributed by atoms with Gasteiger partial charge in [-0.2, -0.15) is 28.4 Å². The maximum absolute atomic E-state index is 14.5. The zero-order chi connectivity index (χ0) is 28.7. The lowest BCUT2D eigenvalue weighted by molar-refractivity contribution is -0.487. The van der Waals surface area contributed by atoms with Crippen molar-refractivity contribution in [2.24, 2.45) is 0 Å². The van der Waals surface area contributed by atoms with Gasteiger partial charge in [0.2, 0.25) is 17.6 Å². The molecular weight excluding hydrogens is 528 g/mol. The zero-order valence-electron chi connectivity index (χ0n) is 21.8. The zero-order valence-corrected chi connectivity index (χ0v) is 21.8. The van der Waals surface area contributed by atoms with Crippen LogP contribution in [-0.4, -0.2) is 40.1 Å². The Kier molecular flexibility index (Phi) is 6.93. The molecule has 0 unspecified atom stereocenters. The molecule has 0 saturated heterocycles. The van der Waals surface area contributed by atoms with E-state index in [1.54, 1.807) is 0 Å². The minimum Gasteiger partial charge on any atom is -0.343 e. The number of hydrogen-bond donors (Lipinski definition) is 4. The summed E-state index contributed by atoms with van der Waals surface area (Å²) >= 11 is 0. The first-order valence-electron chi connectivity index (χ1n) is 12.7. The number of halogens is 4. The Morgan fingerprint density at radius 2 is 1.98 bits per heavy atom. The summed E-state index contributed by atoms with van der Waals surface area (Å²) in [6.07, 6.45) is -1.20. The summed E-state index contributed by atoms with van der Waals surface area (Å²) in [6, 6.07) is 10.4. The molecule has 5 N–H and O–H groups in total. The molecule has 3 heterocycles. The summed E-state index contributed by atoms with van der Waals surface area (Å²) in [5.74, 6) is -1.50. The molecule has 2 aromatic heterocycles. The number of hydrogen-bond acceptors (Lipinski definition) is 7. The Hall–Kier alpha value is -4.15. The van der Waals surface area contributed by atoms with Gasteiger partial charge in [-0.05, 0) is 56.0 Å². The number of pyridine rings is 1. The van der Waals surface area contributed by atoms with Crippen LogP contribution in [0.1, 0.15) is 53.9 Å². The van der Waals surface area contributed by atoms with Crippen LogP contribution in [0.15, 0.2) is 36.5 Å². The third-order valence-electron chi connectivity index (χ3n) is 7.10. The quantitative estimate of drug-likeness (QED) is 0.328. The average Bonchev–Trinajstić information content (AvgIpc) is 3.68. The topological polar surface area (TPSA) is 132 Å². The largest absolute Gasteiger partial charge is 0.405 e. The minimum absolute atomic E-state index is 0.0337. The van der Waals surface area contributed by atoms with Gasteiger partial charge < -0.3 is 16.0 Å². The Morgan fingerprint density at radius 1 is 1.20 bits per heavy atom. The third kappa shape index (κ3) is 5.73. The lowest BCUT2D eigenvalue weighted by atomic mass is 9.88. The van der Waals surface area contributed by atoms with Crippen LogP contribution >= 0.6 is 0 Å². The second-order valence-electron chi connectivity index (χ2n) is 10.6. The van der Waals surface area contributed by atoms with Crippen LogP contribution in [0.25, 0.3) is 0 Å². The van der Waals surface area contributed by atoms with Crippen molar-refractivity contribution in [2.45, 2.75) is 50.2 Å². The third-order valence-corrected chi connectivity index (χ3v) is 7.10. The lowest BCUT2D eigenvalue weighted by Gasteiger charge is -2.26. The fraction of sp³-hybridized carbons (Fsp3) is 0.370. The normalized spacial score (nSPS) is 15.7. The fourth-order valence-corrected chi connectivity index (χ4v) is 4.78. The van der Waals surface area contributed by atoms with Gasteiger partial charge in [-0.25, -0.2) is 14.7 Å². The van der Waals surface area contributed by atoms with E-state index >= 15 is 0 Å². The molecule has 208 valence electrons. The Morgan fingerprint density at radius 3 is 2.67 bits per heavy atom. The molecule has 1 amide bonds. The van der Waals surface area contributed by atoms with Crippen molar-refractivity contribution in [3.8, 4) is 6.07 Å². The van der Waals surface area contributed by atoms with Crippen molar-refractivity contribution in [3.05, 3.63) is 64.7 Å². The predicted molar refractivity (Wildman–Crippen MR) is 137 cm³/mol. The first-order chi connectivity index (χ1) is 18.9. The standard InChI is InChI=1S/C27H26F4N8O/c1-25(2,12-32)21-19(28)5-6-20(37-21)38-22-17(23(40)35-14-27(29,30)31)11-34-24(39-22)36-16-3-4-18-15(9-16)10-33-13-26(18)7-8-26/h3-6,9,11,33H,7-8,10,13-14H2,1-2H3,(H,35,40)(H2,34,36,37,38,39)/p+1. The van der Waals surface area contributed by atoms with Gasteiger partial charge in [0.15, 0.2) is 0 Å². The minimum atomic E-state index is -4.61. The van der Waals surface area contributed by atoms with E-state index in [9.17, 15) is 27.6 Å². The molecule has 3 aromatic rings. The van der Waals surface area contributed by atoms with Gasteiger partial charge >= 0.3 is 6.18 Å². The van der Waals surface area contributed by atoms with E-state index in [2.05, 4.69) is 31.7 Å². The number of nitrogens with two attached hydrogens (primary N) is 1. The van der Waals surface area contributed by atoms with E-state index in [-0.39, 0.29) is 34.3 Å². The molecule has 1 saturated carbocycles. The molecule has 0 atom stereocenters. The summed E-state index contributed by atoms with van der Waals surface area (Å²) in [7, 11) is 0. The predicted octanol–water partition coefficient (Wildman–Crippen LogP) is 3.51. The molecule has 2 aliphatic rings. The van der Waals surface area contributed by atoms with Gasteiger partial charge in [0.1, 0.15) is 23.6 Å². The molecule has 1 spiro atoms. The number of amides is 1. The SMILES string of the molecule is CC(C)(C#N)c1nc([NH2+]c2nc(Nc3ccc4c(c3)CNCC43CC3)ncc2C(=O)NCC(F)(F)F)ccc1F. The summed E-state index contributed by atoms with van der Waals surface area (Å²) in [5.41, 5.74) is 1.80. The van der Waals surface area contributed by atoms with Crippen LogP contribution in [0.4, 0.5) is 40.8 Å². The fourth-order valence-electron chi connectivity index (χ4n) is 4.78. The molecular formula is C27H27F4N8O+. The van der Waals surface area contributed by atoms with Crippen LogP contribution in [-0.2, 0) is 17.4 Å². The first kappa shape index (κ1) is 27.4. The number of fused-ring (bicyclic) bond motifs is 2. The number of benzene rings is 1. The van der Waals surface area contributed by atoms with E-state index in [0.29, 0.717) is 5.69 Å². The molecule has 9 nitrogen and oxygen atoms in total. The molecule has 1 aliphatic carbocycles. The highest BCUT2D eigenvalue weighted by molar-refractivity contribution is 5.97. The van der Waals surface area contributed by atoms with Crippen LogP contribution in [0.3, 0.4) is 0 Å². The van der Waals surface area contributed by atoms with E-state index in [1.807, 2.05) is 23.5 Å². The van der Waals surface area contributed by atoms with Crippen LogP contribution in [0.2, 0.25) is 0 Å². The lowest BCUT2D eigenvalue weighted by Crippen LogP contribution is -2.73. The van der Waals surface area contributed by atoms with E-state index < -0.39 is 29.9 Å². The van der Waals surface area contributed by atoms with Gasteiger partial charge in [-0.1, -0.05) is 6.07 Å². The molecule has 1 aliphatic heterocycles. The average molecular weight is 556 g/mol. The number of anilines is 2. The van der Waals surface area contributed by atoms with Crippen molar-refractivity contribution < 1.29 is 27.7 Å². The van der Waals surface area contributed by atoms with Crippen molar-refractivity contribution in [2.75, 3.05) is 18.4 Å². The number of carbonyl (C=O) groups excluding carboxylic acids is 1. The molecule has 1 aromatic carbocycles. The maximum atomic E-state index is 14.5. The monoisotopic (exact) mass is 555 g/mol. The molecule has 40 heavy (non-hydrogen) atoms. The van der Waals surface area contributed by atoms with Crippen LogP contribution in [0, 0.1) is 17.1 Å². The van der Waals surface area contributed by atoms with Gasteiger partial charge in [0.05, 0.1) is 17.7 Å². The van der Waals surface area contributed by atoms with Gasteiger partial charge in [0.25, 0.3) is 5.91 Å². The molecule has 0 radical (unpaired) electrons. The number of nitriles is 1. The van der Waals surface area contributed by atoms with E-state index in [1.165, 1.54) is 30.8 Å². The summed E-state index contributed by atoms with van der Waals surface area (Å²) < 4.78 is 52.7. The molecule has 0 bridgehead atoms. The number of quaternary nitrogens is 1. The molecule has 1 fully saturated rings. The Balaban J connectivity index is 1.46. The maximum Gasteiger partial charge on any atom is 0.405 e. The number of nitrogens with one attached hydrogen (secondary N) is 3. The smallest absolute Gasteiger partial charge is 0.343 e. The summed E-state index contributed by atoms with van der Waals surface area (Å²) in [4.78, 5) is 25.4. The Bertz CT molecular complexity index is 1510. The molecule has 5 rings (SSSR count). The first-order valence-corrected chi connectivity index (χ1v) is 12.7. The van der Waals surface area contributed by atoms with E-state index in [0.717, 1.165) is 43.8 Å². The van der Waals surface area contributed by atoms with Crippen molar-refractivity contribution in [1.82, 2.24) is 25.6 Å². The van der Waals surface area contributed by atoms with Gasteiger partial charge in [-0.3, -0.25) is 4.79 Å². The Labute approximate surface area is 227 Å². The number of rotatable bonds is 7. The van der Waals surface area contributed by atoms with Crippen LogP contribution in [0.5, 0.6) is 0 Å². The van der Waals surface area contributed by atoms with Crippen molar-refractivity contribution >= 4 is 29.2 Å². The highest BCUT2D eigenvalue weighted by atomic mass is 19.4. The highest BCUT2D eigenvalue weighted by Gasteiger charge is 2.46. The number of alkyl halides is 3. The van der Waals surface area contributed by atoms with Crippen molar-refractivity contribution in [1.29, 1.82) is 5.26 Å². The van der Waals surface area contributed by atoms with Gasteiger partial charge in [-0.15, -0.1) is 0 Å². The number of nitrogens with zero attached hydrogens (tertiary/aromatic N) is 4. The second kappa shape index (κ2) is 10.1. The summed E-state index contributed by atoms with van der Waals surface area (Å²) in [5, 5.41) is 19.1. The second-order valence-corrected chi connectivity index (χ2v) is 10.6. The summed E-state index contributed by atoms with van der Waals surface area (Å²) in [6.45, 7) is 3.15. The number of aromatic nitrogens is 3. The van der Waals surface area contributed by atoms with Gasteiger partial charge in [0, 0.05) is 30.3 Å². The van der Waals surface area contributed by atoms with Crippen molar-refractivity contribution in [3.63, 3.8) is 0 Å². The number of carbonyl (C=O) groups is 1. The van der Waals surface area contributed by atoms with E-state index in [4.69, 9.17) is 0 Å². The van der Waals surface area contributed by atoms with Crippen LogP contribution < -0.4 is 21.3 Å². The highest BCUT2D eigenvalue weighted by Crippen LogP contribution is 2.50. The molecule has 13 heteroatoms.